The standard InChI is InChI=1S/C11H15NO2/c1-13-8-14-11-3-2-10-7-12-5-4-9(10)6-11/h2-3,6,12H,4-5,7-8H2,1H3. The summed E-state index contributed by atoms with van der Waals surface area (Å²) in [5, 5.41) is 3.34. The molecule has 0 atom stereocenters. The molecule has 0 spiro atoms. The van der Waals surface area contributed by atoms with E-state index in [1.54, 1.807) is 7.11 Å². The van der Waals surface area contributed by atoms with Crippen LogP contribution < -0.4 is 10.1 Å². The van der Waals surface area contributed by atoms with Crippen LogP contribution in [0.4, 0.5) is 0 Å². The molecule has 0 fully saturated rings. The van der Waals surface area contributed by atoms with E-state index in [4.69, 9.17) is 9.47 Å². The number of benzene rings is 1. The van der Waals surface area contributed by atoms with Gasteiger partial charge in [0.25, 0.3) is 0 Å². The molecule has 1 aliphatic heterocycles. The molecule has 0 aromatic heterocycles. The van der Waals surface area contributed by atoms with E-state index < -0.39 is 0 Å². The quantitative estimate of drug-likeness (QED) is 0.734. The number of ether oxygens (including phenoxy) is 2. The summed E-state index contributed by atoms with van der Waals surface area (Å²) in [6.07, 6.45) is 1.08. The maximum absolute atomic E-state index is 5.38. The van der Waals surface area contributed by atoms with E-state index in [-0.39, 0.29) is 0 Å². The molecular weight excluding hydrogens is 178 g/mol. The second-order valence-electron chi connectivity index (χ2n) is 3.41. The summed E-state index contributed by atoms with van der Waals surface area (Å²) >= 11 is 0. The second kappa shape index (κ2) is 4.44. The summed E-state index contributed by atoms with van der Waals surface area (Å²) in [7, 11) is 1.63. The van der Waals surface area contributed by atoms with Gasteiger partial charge in [0.15, 0.2) is 6.79 Å². The molecule has 0 saturated heterocycles. The zero-order chi connectivity index (χ0) is 9.80. The minimum absolute atomic E-state index is 0.317. The fourth-order valence-electron chi connectivity index (χ4n) is 1.67. The van der Waals surface area contributed by atoms with Gasteiger partial charge in [-0.05, 0) is 36.2 Å². The van der Waals surface area contributed by atoms with Crippen LogP contribution in [0.2, 0.25) is 0 Å². The van der Waals surface area contributed by atoms with Gasteiger partial charge in [-0.1, -0.05) is 6.07 Å². The van der Waals surface area contributed by atoms with Crippen molar-refractivity contribution in [3.05, 3.63) is 29.3 Å². The zero-order valence-corrected chi connectivity index (χ0v) is 8.38. The fourth-order valence-corrected chi connectivity index (χ4v) is 1.67. The molecule has 0 amide bonds. The predicted molar refractivity (Wildman–Crippen MR) is 54.4 cm³/mol. The Morgan fingerprint density at radius 1 is 1.36 bits per heavy atom. The van der Waals surface area contributed by atoms with Crippen LogP contribution in [0.15, 0.2) is 18.2 Å². The van der Waals surface area contributed by atoms with Crippen molar-refractivity contribution in [1.82, 2.24) is 5.32 Å². The number of hydrogen-bond acceptors (Lipinski definition) is 3. The van der Waals surface area contributed by atoms with Crippen molar-refractivity contribution in [3.8, 4) is 5.75 Å². The molecule has 0 radical (unpaired) electrons. The lowest BCUT2D eigenvalue weighted by molar-refractivity contribution is 0.0510. The predicted octanol–water partition coefficient (Wildman–Crippen LogP) is 1.31. The third-order valence-corrected chi connectivity index (χ3v) is 2.41. The molecule has 3 heteroatoms. The Balaban J connectivity index is 2.12. The number of hydrogen-bond donors (Lipinski definition) is 1. The lowest BCUT2D eigenvalue weighted by Crippen LogP contribution is -2.23. The summed E-state index contributed by atoms with van der Waals surface area (Å²) in [4.78, 5) is 0. The molecule has 2 rings (SSSR count). The van der Waals surface area contributed by atoms with Crippen molar-refractivity contribution >= 4 is 0 Å². The Morgan fingerprint density at radius 2 is 2.29 bits per heavy atom. The molecule has 1 aliphatic rings. The van der Waals surface area contributed by atoms with E-state index in [1.165, 1.54) is 11.1 Å². The van der Waals surface area contributed by atoms with Gasteiger partial charge in [0, 0.05) is 13.7 Å². The highest BCUT2D eigenvalue weighted by Crippen LogP contribution is 2.20. The van der Waals surface area contributed by atoms with Gasteiger partial charge in [-0.25, -0.2) is 0 Å². The number of fused-ring (bicyclic) bond motifs is 1. The summed E-state index contributed by atoms with van der Waals surface area (Å²) < 4.78 is 10.2. The first-order chi connectivity index (χ1) is 6.90. The molecule has 3 nitrogen and oxygen atoms in total. The first-order valence-corrected chi connectivity index (χ1v) is 4.84. The topological polar surface area (TPSA) is 30.5 Å². The van der Waals surface area contributed by atoms with Crippen LogP contribution in [0.1, 0.15) is 11.1 Å². The van der Waals surface area contributed by atoms with Crippen molar-refractivity contribution < 1.29 is 9.47 Å². The van der Waals surface area contributed by atoms with E-state index >= 15 is 0 Å². The number of nitrogens with one attached hydrogen (secondary N) is 1. The molecule has 0 unspecified atom stereocenters. The molecule has 0 aliphatic carbocycles. The van der Waals surface area contributed by atoms with Gasteiger partial charge >= 0.3 is 0 Å². The molecule has 76 valence electrons. The van der Waals surface area contributed by atoms with Crippen molar-refractivity contribution in [3.63, 3.8) is 0 Å². The largest absolute Gasteiger partial charge is 0.468 e. The van der Waals surface area contributed by atoms with Gasteiger partial charge in [0.2, 0.25) is 0 Å². The van der Waals surface area contributed by atoms with E-state index in [0.29, 0.717) is 6.79 Å². The Bertz CT molecular complexity index is 312. The highest BCUT2D eigenvalue weighted by atomic mass is 16.7. The van der Waals surface area contributed by atoms with Crippen LogP contribution in [0, 0.1) is 0 Å². The second-order valence-corrected chi connectivity index (χ2v) is 3.41. The van der Waals surface area contributed by atoms with Crippen LogP contribution >= 0.6 is 0 Å². The summed E-state index contributed by atoms with van der Waals surface area (Å²) in [6.45, 7) is 2.34. The van der Waals surface area contributed by atoms with Gasteiger partial charge < -0.3 is 14.8 Å². The Hall–Kier alpha value is -1.06. The molecular formula is C11H15NO2. The minimum Gasteiger partial charge on any atom is -0.468 e. The van der Waals surface area contributed by atoms with Crippen molar-refractivity contribution in [2.45, 2.75) is 13.0 Å². The molecule has 1 heterocycles. The van der Waals surface area contributed by atoms with Crippen LogP contribution in [-0.4, -0.2) is 20.4 Å². The average Bonchev–Trinajstić information content (AvgIpc) is 2.26. The van der Waals surface area contributed by atoms with Crippen molar-refractivity contribution in [2.75, 3.05) is 20.4 Å². The van der Waals surface area contributed by atoms with E-state index in [0.717, 1.165) is 25.3 Å². The SMILES string of the molecule is COCOc1ccc2c(c1)CCNC2. The molecule has 0 bridgehead atoms. The maximum Gasteiger partial charge on any atom is 0.188 e. The molecule has 14 heavy (non-hydrogen) atoms. The molecule has 1 N–H and O–H groups in total. The lowest BCUT2D eigenvalue weighted by atomic mass is 10.0. The monoisotopic (exact) mass is 193 g/mol. The van der Waals surface area contributed by atoms with Crippen molar-refractivity contribution in [2.24, 2.45) is 0 Å². The van der Waals surface area contributed by atoms with Gasteiger partial charge in [-0.3, -0.25) is 0 Å². The van der Waals surface area contributed by atoms with E-state index in [1.807, 2.05) is 6.07 Å². The molecule has 0 saturated carbocycles. The van der Waals surface area contributed by atoms with Crippen molar-refractivity contribution in [1.29, 1.82) is 0 Å². The lowest BCUT2D eigenvalue weighted by Gasteiger charge is -2.17. The highest BCUT2D eigenvalue weighted by molar-refractivity contribution is 5.36. The van der Waals surface area contributed by atoms with Gasteiger partial charge in [0.1, 0.15) is 5.75 Å². The first-order valence-electron chi connectivity index (χ1n) is 4.84. The third-order valence-electron chi connectivity index (χ3n) is 2.41. The first kappa shape index (κ1) is 9.49. The fraction of sp³-hybridized carbons (Fsp3) is 0.455. The van der Waals surface area contributed by atoms with Crippen LogP contribution in [-0.2, 0) is 17.7 Å². The average molecular weight is 193 g/mol. The van der Waals surface area contributed by atoms with E-state index in [2.05, 4.69) is 17.4 Å². The van der Waals surface area contributed by atoms with Crippen LogP contribution in [0.25, 0.3) is 0 Å². The van der Waals surface area contributed by atoms with Crippen LogP contribution in [0.5, 0.6) is 5.75 Å². The number of rotatable bonds is 3. The number of methoxy groups -OCH3 is 1. The summed E-state index contributed by atoms with van der Waals surface area (Å²) in [5.41, 5.74) is 2.76. The summed E-state index contributed by atoms with van der Waals surface area (Å²) in [5.74, 6) is 0.896. The van der Waals surface area contributed by atoms with Crippen LogP contribution in [0.3, 0.4) is 0 Å². The molecule has 1 aromatic carbocycles. The zero-order valence-electron chi connectivity index (χ0n) is 8.38. The van der Waals surface area contributed by atoms with Gasteiger partial charge in [-0.15, -0.1) is 0 Å². The van der Waals surface area contributed by atoms with Gasteiger partial charge in [-0.2, -0.15) is 0 Å². The smallest absolute Gasteiger partial charge is 0.188 e. The van der Waals surface area contributed by atoms with Gasteiger partial charge in [0.05, 0.1) is 0 Å². The minimum atomic E-state index is 0.317. The Labute approximate surface area is 84.0 Å². The summed E-state index contributed by atoms with van der Waals surface area (Å²) in [6, 6.07) is 6.21. The normalized spacial score (nSPS) is 14.9. The molecule has 1 aromatic rings. The van der Waals surface area contributed by atoms with E-state index in [9.17, 15) is 0 Å². The Kier molecular flexibility index (Phi) is 3.01. The Morgan fingerprint density at radius 3 is 3.14 bits per heavy atom. The highest BCUT2D eigenvalue weighted by Gasteiger charge is 2.08. The maximum atomic E-state index is 5.38. The third kappa shape index (κ3) is 2.05.